The summed E-state index contributed by atoms with van der Waals surface area (Å²) in [5.74, 6) is 1.08. The first-order chi connectivity index (χ1) is 15.5. The van der Waals surface area contributed by atoms with Crippen LogP contribution in [0.2, 0.25) is 0 Å². The van der Waals surface area contributed by atoms with Gasteiger partial charge >= 0.3 is 0 Å². The molecule has 0 unspecified atom stereocenters. The molecule has 1 saturated heterocycles. The van der Waals surface area contributed by atoms with Crippen LogP contribution in [-0.4, -0.2) is 16.0 Å². The van der Waals surface area contributed by atoms with Gasteiger partial charge in [-0.15, -0.1) is 0 Å². The number of thioether (sulfide) groups is 1. The average Bonchev–Trinajstić information content (AvgIpc) is 3.38. The summed E-state index contributed by atoms with van der Waals surface area (Å²) in [7, 11) is 0. The molecule has 0 radical (unpaired) electrons. The summed E-state index contributed by atoms with van der Waals surface area (Å²) in [6.45, 7) is 1.54. The molecule has 1 aromatic heterocycles. The zero-order valence-electron chi connectivity index (χ0n) is 17.1. The van der Waals surface area contributed by atoms with Gasteiger partial charge in [-0.05, 0) is 30.5 Å². The van der Waals surface area contributed by atoms with Crippen LogP contribution in [0.5, 0.6) is 0 Å². The van der Waals surface area contributed by atoms with E-state index in [2.05, 4.69) is 0 Å². The Bertz CT molecular complexity index is 1410. The van der Waals surface area contributed by atoms with Crippen molar-refractivity contribution in [3.05, 3.63) is 95.1 Å². The van der Waals surface area contributed by atoms with Crippen LogP contribution in [0.3, 0.4) is 0 Å². The molecule has 0 N–H and O–H groups in total. The number of nitrogens with zero attached hydrogens (tertiary/aromatic N) is 1. The van der Waals surface area contributed by atoms with Crippen LogP contribution in [0.1, 0.15) is 23.0 Å². The normalized spacial score (nSPS) is 15.2. The molecule has 0 aliphatic carbocycles. The van der Waals surface area contributed by atoms with E-state index in [0.29, 0.717) is 26.3 Å². The van der Waals surface area contributed by atoms with Gasteiger partial charge in [0.15, 0.2) is 10.1 Å². The molecule has 4 aromatic rings. The molecule has 0 saturated carbocycles. The van der Waals surface area contributed by atoms with Crippen molar-refractivity contribution in [2.75, 3.05) is 4.90 Å². The van der Waals surface area contributed by atoms with E-state index in [1.807, 2.05) is 66.7 Å². The summed E-state index contributed by atoms with van der Waals surface area (Å²) in [5, 5.41) is 2.02. The lowest BCUT2D eigenvalue weighted by Crippen LogP contribution is -2.27. The topological polar surface area (TPSA) is 50.5 Å². The predicted octanol–water partition coefficient (Wildman–Crippen LogP) is 6.71. The number of fused-ring (bicyclic) bond motifs is 1. The van der Waals surface area contributed by atoms with Crippen LogP contribution in [-0.2, 0) is 4.79 Å². The molecular weight excluding hydrogens is 438 g/mol. The molecule has 1 aliphatic rings. The molecule has 4 nitrogen and oxygen atoms in total. The fourth-order valence-electron chi connectivity index (χ4n) is 3.66. The van der Waals surface area contributed by atoms with Gasteiger partial charge in [-0.25, -0.2) is 0 Å². The maximum absolute atomic E-state index is 13.2. The van der Waals surface area contributed by atoms with Gasteiger partial charge in [0.2, 0.25) is 0 Å². The molecule has 2 heterocycles. The molecular formula is C26H17NO3S2. The molecule has 0 bridgehead atoms. The lowest BCUT2D eigenvalue weighted by Gasteiger charge is -2.17. The molecule has 32 heavy (non-hydrogen) atoms. The number of thiocarbonyl (C=S) groups is 1. The average molecular weight is 456 g/mol. The highest BCUT2D eigenvalue weighted by Gasteiger charge is 2.34. The number of anilines is 1. The number of amides is 1. The zero-order chi connectivity index (χ0) is 22.2. The molecule has 5 rings (SSSR count). The number of benzene rings is 3. The van der Waals surface area contributed by atoms with E-state index in [1.165, 1.54) is 18.7 Å². The second-order valence-electron chi connectivity index (χ2n) is 7.35. The van der Waals surface area contributed by atoms with Gasteiger partial charge in [0.05, 0.1) is 10.6 Å². The fraction of sp³-hybridized carbons (Fsp3) is 0.0385. The van der Waals surface area contributed by atoms with Crippen molar-refractivity contribution >= 4 is 62.5 Å². The van der Waals surface area contributed by atoms with Crippen LogP contribution in [0.15, 0.2) is 88.2 Å². The summed E-state index contributed by atoms with van der Waals surface area (Å²) in [5.41, 5.74) is 2.29. The molecule has 1 aliphatic heterocycles. The third-order valence-corrected chi connectivity index (χ3v) is 6.58. The van der Waals surface area contributed by atoms with Crippen molar-refractivity contribution < 1.29 is 14.0 Å². The Kier molecular flexibility index (Phi) is 5.25. The number of Topliss-reactive ketones (excluding diaryl/α,β-unsaturated/α-hetero) is 1. The van der Waals surface area contributed by atoms with Crippen LogP contribution in [0.4, 0.5) is 5.69 Å². The van der Waals surface area contributed by atoms with Crippen LogP contribution in [0, 0.1) is 0 Å². The monoisotopic (exact) mass is 455 g/mol. The van der Waals surface area contributed by atoms with Gasteiger partial charge in [0.25, 0.3) is 5.91 Å². The van der Waals surface area contributed by atoms with Crippen molar-refractivity contribution in [2.45, 2.75) is 6.92 Å². The second kappa shape index (κ2) is 8.22. The number of carbonyl (C=O) groups is 2. The minimum atomic E-state index is -0.167. The molecule has 156 valence electrons. The first-order valence-corrected chi connectivity index (χ1v) is 11.2. The maximum atomic E-state index is 13.2. The van der Waals surface area contributed by atoms with Crippen molar-refractivity contribution in [1.82, 2.24) is 0 Å². The zero-order valence-corrected chi connectivity index (χ0v) is 18.7. The second-order valence-corrected chi connectivity index (χ2v) is 9.03. The number of hydrogen-bond acceptors (Lipinski definition) is 5. The first-order valence-electron chi connectivity index (χ1n) is 9.98. The van der Waals surface area contributed by atoms with Crippen molar-refractivity contribution in [1.29, 1.82) is 0 Å². The first kappa shape index (κ1) is 20.4. The molecule has 3 aromatic carbocycles. The SMILES string of the molecule is CC(=O)c1ccc(-c2ccc(/C=C3\SC(=S)N(c4cccc5ccccc45)C3=O)o2)cc1. The van der Waals surface area contributed by atoms with Gasteiger partial charge in [0, 0.05) is 22.6 Å². The molecule has 0 spiro atoms. The predicted molar refractivity (Wildman–Crippen MR) is 134 cm³/mol. The third kappa shape index (κ3) is 3.68. The highest BCUT2D eigenvalue weighted by atomic mass is 32.2. The van der Waals surface area contributed by atoms with E-state index < -0.39 is 0 Å². The lowest BCUT2D eigenvalue weighted by atomic mass is 10.1. The van der Waals surface area contributed by atoms with Crippen molar-refractivity contribution in [3.63, 3.8) is 0 Å². The van der Waals surface area contributed by atoms with Crippen molar-refractivity contribution in [2.24, 2.45) is 0 Å². The lowest BCUT2D eigenvalue weighted by molar-refractivity contribution is -0.113. The Balaban J connectivity index is 1.44. The quantitative estimate of drug-likeness (QED) is 0.194. The smallest absolute Gasteiger partial charge is 0.270 e. The summed E-state index contributed by atoms with van der Waals surface area (Å²) in [4.78, 5) is 26.8. The molecule has 6 heteroatoms. The van der Waals surface area contributed by atoms with Gasteiger partial charge in [-0.3, -0.25) is 14.5 Å². The van der Waals surface area contributed by atoms with Gasteiger partial charge in [-0.1, -0.05) is 84.6 Å². The van der Waals surface area contributed by atoms with Gasteiger partial charge < -0.3 is 4.42 Å². The van der Waals surface area contributed by atoms with Crippen LogP contribution in [0.25, 0.3) is 28.2 Å². The third-order valence-electron chi connectivity index (χ3n) is 5.28. The van der Waals surface area contributed by atoms with E-state index in [0.717, 1.165) is 22.0 Å². The summed E-state index contributed by atoms with van der Waals surface area (Å²) in [6.07, 6.45) is 1.72. The molecule has 1 fully saturated rings. The van der Waals surface area contributed by atoms with E-state index in [4.69, 9.17) is 16.6 Å². The van der Waals surface area contributed by atoms with E-state index >= 15 is 0 Å². The van der Waals surface area contributed by atoms with Gasteiger partial charge in [0.1, 0.15) is 11.5 Å². The Morgan fingerprint density at radius 2 is 1.72 bits per heavy atom. The number of rotatable bonds is 4. The van der Waals surface area contributed by atoms with Crippen LogP contribution >= 0.6 is 24.0 Å². The maximum Gasteiger partial charge on any atom is 0.270 e. The van der Waals surface area contributed by atoms with Gasteiger partial charge in [-0.2, -0.15) is 0 Å². The highest BCUT2D eigenvalue weighted by Crippen LogP contribution is 2.39. The van der Waals surface area contributed by atoms with E-state index in [-0.39, 0.29) is 11.7 Å². The van der Waals surface area contributed by atoms with Crippen LogP contribution < -0.4 is 4.90 Å². The fourth-order valence-corrected chi connectivity index (χ4v) is 4.93. The van der Waals surface area contributed by atoms with E-state index in [1.54, 1.807) is 23.1 Å². The Labute approximate surface area is 194 Å². The van der Waals surface area contributed by atoms with E-state index in [9.17, 15) is 9.59 Å². The highest BCUT2D eigenvalue weighted by molar-refractivity contribution is 8.27. The molecule has 1 amide bonds. The number of furan rings is 1. The Hall–Kier alpha value is -3.48. The Morgan fingerprint density at radius 1 is 0.969 bits per heavy atom. The molecule has 0 atom stereocenters. The Morgan fingerprint density at radius 3 is 2.50 bits per heavy atom. The minimum Gasteiger partial charge on any atom is -0.457 e. The summed E-state index contributed by atoms with van der Waals surface area (Å²) >= 11 is 6.80. The standard InChI is InChI=1S/C26H17NO3S2/c1-16(28)17-9-11-19(12-10-17)23-14-13-20(30-23)15-24-25(29)27(26(31)32-24)22-8-4-6-18-5-2-3-7-21(18)22/h2-15H,1H3/b24-15-. The number of ketones is 1. The minimum absolute atomic E-state index is 0.0184. The summed E-state index contributed by atoms with van der Waals surface area (Å²) < 4.78 is 6.43. The summed E-state index contributed by atoms with van der Waals surface area (Å²) in [6, 6.07) is 24.7. The number of hydrogen-bond donors (Lipinski definition) is 0. The van der Waals surface area contributed by atoms with Crippen molar-refractivity contribution in [3.8, 4) is 11.3 Å². The number of carbonyl (C=O) groups excluding carboxylic acids is 2. The largest absolute Gasteiger partial charge is 0.457 e.